The SMILES string of the molecule is c1ccc2c(c1)-c1ccccc1C2C12CC3CC(CC(C3)C1)C2. The van der Waals surface area contributed by atoms with Crippen molar-refractivity contribution in [3.05, 3.63) is 59.7 Å². The van der Waals surface area contributed by atoms with Gasteiger partial charge in [0.15, 0.2) is 0 Å². The zero-order valence-electron chi connectivity index (χ0n) is 13.7. The Morgan fingerprint density at radius 3 is 1.52 bits per heavy atom. The Bertz CT molecular complexity index is 703. The molecule has 0 spiro atoms. The van der Waals surface area contributed by atoms with Crippen LogP contribution in [0.4, 0.5) is 0 Å². The van der Waals surface area contributed by atoms with Crippen molar-refractivity contribution < 1.29 is 0 Å². The van der Waals surface area contributed by atoms with Gasteiger partial charge in [0.1, 0.15) is 0 Å². The van der Waals surface area contributed by atoms with Gasteiger partial charge in [-0.15, -0.1) is 0 Å². The topological polar surface area (TPSA) is 0 Å². The molecule has 0 heterocycles. The highest BCUT2D eigenvalue weighted by atomic mass is 14.6. The van der Waals surface area contributed by atoms with Crippen molar-refractivity contribution in [2.24, 2.45) is 23.2 Å². The summed E-state index contributed by atoms with van der Waals surface area (Å²) in [6.45, 7) is 0. The number of rotatable bonds is 1. The van der Waals surface area contributed by atoms with E-state index in [2.05, 4.69) is 48.5 Å². The van der Waals surface area contributed by atoms with Crippen molar-refractivity contribution >= 4 is 0 Å². The molecule has 23 heavy (non-hydrogen) atoms. The second kappa shape index (κ2) is 4.29. The maximum atomic E-state index is 2.43. The Balaban J connectivity index is 1.57. The summed E-state index contributed by atoms with van der Waals surface area (Å²) in [6, 6.07) is 18.5. The molecule has 0 aliphatic heterocycles. The molecule has 0 unspecified atom stereocenters. The van der Waals surface area contributed by atoms with Gasteiger partial charge in [-0.3, -0.25) is 0 Å². The lowest BCUT2D eigenvalue weighted by Gasteiger charge is -2.59. The lowest BCUT2D eigenvalue weighted by atomic mass is 9.45. The molecule has 0 saturated heterocycles. The van der Waals surface area contributed by atoms with Crippen molar-refractivity contribution in [3.63, 3.8) is 0 Å². The molecule has 0 radical (unpaired) electrons. The third-order valence-corrected chi connectivity index (χ3v) is 7.53. The van der Waals surface area contributed by atoms with Crippen LogP contribution in [0.5, 0.6) is 0 Å². The van der Waals surface area contributed by atoms with E-state index in [1.54, 1.807) is 11.1 Å². The molecule has 2 aromatic rings. The fourth-order valence-electron chi connectivity index (χ4n) is 7.35. The minimum atomic E-state index is 0.567. The van der Waals surface area contributed by atoms with Crippen LogP contribution in [0, 0.1) is 23.2 Å². The van der Waals surface area contributed by atoms with Gasteiger partial charge in [-0.2, -0.15) is 0 Å². The molecule has 4 saturated carbocycles. The van der Waals surface area contributed by atoms with Gasteiger partial charge in [0.25, 0.3) is 0 Å². The standard InChI is InChI=1S/C23H24/c1-3-7-20-18(5-1)19-6-2-4-8-21(19)22(20)23-12-15-9-16(13-23)11-17(10-15)14-23/h1-8,15-17,22H,9-14H2. The molecular formula is C23H24. The third kappa shape index (κ3) is 1.62. The van der Waals surface area contributed by atoms with E-state index in [0.29, 0.717) is 11.3 Å². The summed E-state index contributed by atoms with van der Waals surface area (Å²) in [5.41, 5.74) is 6.87. The molecule has 7 rings (SSSR count). The predicted octanol–water partition coefficient (Wildman–Crippen LogP) is 6.02. The minimum absolute atomic E-state index is 0.567. The fourth-order valence-corrected chi connectivity index (χ4v) is 7.35. The van der Waals surface area contributed by atoms with E-state index in [1.807, 2.05) is 0 Å². The summed E-state index contributed by atoms with van der Waals surface area (Å²) in [5.74, 6) is 3.76. The minimum Gasteiger partial charge on any atom is -0.0619 e. The predicted molar refractivity (Wildman–Crippen MR) is 94.3 cm³/mol. The number of benzene rings is 2. The van der Waals surface area contributed by atoms with E-state index in [0.717, 1.165) is 17.8 Å². The van der Waals surface area contributed by atoms with E-state index in [-0.39, 0.29) is 0 Å². The molecule has 0 N–H and O–H groups in total. The van der Waals surface area contributed by atoms with E-state index >= 15 is 0 Å². The molecule has 0 amide bonds. The van der Waals surface area contributed by atoms with Crippen LogP contribution in [0.25, 0.3) is 11.1 Å². The van der Waals surface area contributed by atoms with Gasteiger partial charge in [-0.1, -0.05) is 48.5 Å². The Hall–Kier alpha value is -1.56. The average molecular weight is 300 g/mol. The molecule has 0 nitrogen and oxygen atoms in total. The zero-order chi connectivity index (χ0) is 15.0. The largest absolute Gasteiger partial charge is 0.0619 e. The summed E-state index contributed by atoms with van der Waals surface area (Å²) >= 11 is 0. The van der Waals surface area contributed by atoms with Crippen LogP contribution >= 0.6 is 0 Å². The average Bonchev–Trinajstić information content (AvgIpc) is 2.89. The lowest BCUT2D eigenvalue weighted by molar-refractivity contribution is -0.0612. The molecule has 4 bridgehead atoms. The second-order valence-corrected chi connectivity index (χ2v) is 8.89. The molecule has 0 aromatic heterocycles. The van der Waals surface area contributed by atoms with Gasteiger partial charge in [0.2, 0.25) is 0 Å². The third-order valence-electron chi connectivity index (χ3n) is 7.53. The molecule has 5 aliphatic carbocycles. The highest BCUT2D eigenvalue weighted by Gasteiger charge is 2.56. The zero-order valence-corrected chi connectivity index (χ0v) is 13.7. The highest BCUT2D eigenvalue weighted by Crippen LogP contribution is 2.68. The number of hydrogen-bond acceptors (Lipinski definition) is 0. The van der Waals surface area contributed by atoms with Crippen molar-refractivity contribution in [3.8, 4) is 11.1 Å². The van der Waals surface area contributed by atoms with Crippen LogP contribution in [-0.4, -0.2) is 0 Å². The monoisotopic (exact) mass is 300 g/mol. The van der Waals surface area contributed by atoms with Crippen molar-refractivity contribution in [2.45, 2.75) is 44.4 Å². The molecule has 0 heteroatoms. The fraction of sp³-hybridized carbons (Fsp3) is 0.478. The first-order chi connectivity index (χ1) is 11.3. The first kappa shape index (κ1) is 12.8. The van der Waals surface area contributed by atoms with Gasteiger partial charge < -0.3 is 0 Å². The number of hydrogen-bond donors (Lipinski definition) is 0. The normalized spacial score (nSPS) is 37.0. The van der Waals surface area contributed by atoms with Crippen LogP contribution < -0.4 is 0 Å². The maximum Gasteiger partial charge on any atom is 0.0158 e. The van der Waals surface area contributed by atoms with Crippen molar-refractivity contribution in [1.82, 2.24) is 0 Å². The summed E-state index contributed by atoms with van der Waals surface area (Å²) in [7, 11) is 0. The highest BCUT2D eigenvalue weighted by molar-refractivity contribution is 5.79. The van der Waals surface area contributed by atoms with Gasteiger partial charge >= 0.3 is 0 Å². The number of fused-ring (bicyclic) bond motifs is 3. The molecule has 4 fully saturated rings. The summed E-state index contributed by atoms with van der Waals surface area (Å²) in [4.78, 5) is 0. The molecule has 0 atom stereocenters. The summed E-state index contributed by atoms with van der Waals surface area (Å²) in [6.07, 6.45) is 9.09. The van der Waals surface area contributed by atoms with Crippen LogP contribution in [0.15, 0.2) is 48.5 Å². The van der Waals surface area contributed by atoms with Crippen LogP contribution in [-0.2, 0) is 0 Å². The lowest BCUT2D eigenvalue weighted by Crippen LogP contribution is -2.48. The Kier molecular flexibility index (Phi) is 2.39. The summed E-state index contributed by atoms with van der Waals surface area (Å²) < 4.78 is 0. The van der Waals surface area contributed by atoms with Gasteiger partial charge in [0.05, 0.1) is 0 Å². The molecule has 5 aliphatic rings. The van der Waals surface area contributed by atoms with Crippen LogP contribution in [0.1, 0.15) is 55.6 Å². The first-order valence-electron chi connectivity index (χ1n) is 9.51. The molecule has 116 valence electrons. The molecular weight excluding hydrogens is 276 g/mol. The first-order valence-corrected chi connectivity index (χ1v) is 9.51. The Morgan fingerprint density at radius 2 is 1.04 bits per heavy atom. The van der Waals surface area contributed by atoms with E-state index < -0.39 is 0 Å². The van der Waals surface area contributed by atoms with Crippen LogP contribution in [0.2, 0.25) is 0 Å². The Labute approximate surface area is 138 Å². The van der Waals surface area contributed by atoms with Crippen LogP contribution in [0.3, 0.4) is 0 Å². The van der Waals surface area contributed by atoms with Crippen molar-refractivity contribution in [1.29, 1.82) is 0 Å². The summed E-state index contributed by atoms with van der Waals surface area (Å²) in [5, 5.41) is 0. The maximum absolute atomic E-state index is 2.43. The smallest absolute Gasteiger partial charge is 0.0158 e. The Morgan fingerprint density at radius 1 is 0.609 bits per heavy atom. The van der Waals surface area contributed by atoms with Gasteiger partial charge in [-0.25, -0.2) is 0 Å². The molecule has 2 aromatic carbocycles. The van der Waals surface area contributed by atoms with Gasteiger partial charge in [-0.05, 0) is 83.9 Å². The van der Waals surface area contributed by atoms with E-state index in [4.69, 9.17) is 0 Å². The quantitative estimate of drug-likeness (QED) is 0.604. The van der Waals surface area contributed by atoms with Crippen molar-refractivity contribution in [2.75, 3.05) is 0 Å². The van der Waals surface area contributed by atoms with E-state index in [9.17, 15) is 0 Å². The van der Waals surface area contributed by atoms with E-state index in [1.165, 1.54) is 49.7 Å². The second-order valence-electron chi connectivity index (χ2n) is 8.89. The van der Waals surface area contributed by atoms with Gasteiger partial charge in [0, 0.05) is 5.92 Å².